The van der Waals surface area contributed by atoms with Gasteiger partial charge in [-0.1, -0.05) is 30.3 Å². The predicted molar refractivity (Wildman–Crippen MR) is 77.4 cm³/mol. The number of nitrogens with zero attached hydrogens (tertiary/aromatic N) is 2. The Labute approximate surface area is 120 Å². The number of aliphatic hydroxyl groups excluding tert-OH is 1. The van der Waals surface area contributed by atoms with Gasteiger partial charge in [-0.2, -0.15) is 5.10 Å². The molecule has 1 heterocycles. The van der Waals surface area contributed by atoms with Crippen molar-refractivity contribution >= 4 is 10.8 Å². The number of hydrogen-bond acceptors (Lipinski definition) is 3. The summed E-state index contributed by atoms with van der Waals surface area (Å²) in [5.41, 5.74) is 0.285. The highest BCUT2D eigenvalue weighted by atomic mass is 19.1. The molecule has 4 nitrogen and oxygen atoms in total. The van der Waals surface area contributed by atoms with Gasteiger partial charge in [-0.05, 0) is 23.8 Å². The molecule has 21 heavy (non-hydrogen) atoms. The third kappa shape index (κ3) is 2.68. The summed E-state index contributed by atoms with van der Waals surface area (Å²) in [4.78, 5) is 12.3. The van der Waals surface area contributed by atoms with E-state index in [9.17, 15) is 14.3 Å². The number of fused-ring (bicyclic) bond motifs is 1. The van der Waals surface area contributed by atoms with E-state index < -0.39 is 6.10 Å². The largest absolute Gasteiger partial charge is 0.386 e. The number of benzene rings is 2. The SMILES string of the molecule is O=c1c2ccccc2cnn1C[C@H](O)c1ccc(F)cc1. The summed E-state index contributed by atoms with van der Waals surface area (Å²) in [6.07, 6.45) is 0.672. The maximum atomic E-state index is 12.9. The van der Waals surface area contributed by atoms with Crippen LogP contribution < -0.4 is 5.56 Å². The molecule has 0 aliphatic rings. The molecule has 3 aromatic rings. The molecule has 0 saturated carbocycles. The highest BCUT2D eigenvalue weighted by Gasteiger charge is 2.11. The van der Waals surface area contributed by atoms with Crippen LogP contribution in [0.2, 0.25) is 0 Å². The van der Waals surface area contributed by atoms with E-state index in [0.717, 1.165) is 5.39 Å². The van der Waals surface area contributed by atoms with E-state index in [1.54, 1.807) is 18.3 Å². The zero-order valence-electron chi connectivity index (χ0n) is 11.1. The molecule has 1 N–H and O–H groups in total. The van der Waals surface area contributed by atoms with Crippen molar-refractivity contribution in [2.45, 2.75) is 12.6 Å². The maximum absolute atomic E-state index is 12.9. The predicted octanol–water partition coefficient (Wildman–Crippen LogP) is 2.27. The lowest BCUT2D eigenvalue weighted by Crippen LogP contribution is -2.25. The van der Waals surface area contributed by atoms with Gasteiger partial charge in [0, 0.05) is 5.39 Å². The monoisotopic (exact) mass is 284 g/mol. The van der Waals surface area contributed by atoms with Crippen molar-refractivity contribution in [3.05, 3.63) is 76.5 Å². The zero-order chi connectivity index (χ0) is 14.8. The Morgan fingerprint density at radius 3 is 2.62 bits per heavy atom. The second kappa shape index (κ2) is 5.46. The molecular weight excluding hydrogens is 271 g/mol. The lowest BCUT2D eigenvalue weighted by atomic mass is 10.1. The minimum absolute atomic E-state index is 0.0231. The van der Waals surface area contributed by atoms with Gasteiger partial charge >= 0.3 is 0 Å². The van der Waals surface area contributed by atoms with E-state index in [1.165, 1.54) is 28.9 Å². The Morgan fingerprint density at radius 1 is 1.14 bits per heavy atom. The molecule has 0 aliphatic heterocycles. The summed E-state index contributed by atoms with van der Waals surface area (Å²) in [6, 6.07) is 12.7. The Bertz CT molecular complexity index is 828. The normalized spacial score (nSPS) is 12.5. The third-order valence-corrected chi connectivity index (χ3v) is 3.36. The van der Waals surface area contributed by atoms with Crippen molar-refractivity contribution in [2.75, 3.05) is 0 Å². The first-order valence-corrected chi connectivity index (χ1v) is 6.53. The topological polar surface area (TPSA) is 55.1 Å². The number of rotatable bonds is 3. The van der Waals surface area contributed by atoms with E-state index in [4.69, 9.17) is 0 Å². The summed E-state index contributed by atoms with van der Waals surface area (Å²) in [7, 11) is 0. The molecule has 3 rings (SSSR count). The van der Waals surface area contributed by atoms with Crippen LogP contribution in [0.3, 0.4) is 0 Å². The minimum Gasteiger partial charge on any atom is -0.386 e. The molecule has 0 bridgehead atoms. The second-order valence-electron chi connectivity index (χ2n) is 4.79. The van der Waals surface area contributed by atoms with Gasteiger partial charge in [-0.15, -0.1) is 0 Å². The lowest BCUT2D eigenvalue weighted by molar-refractivity contribution is 0.149. The molecule has 0 radical (unpaired) electrons. The van der Waals surface area contributed by atoms with Crippen molar-refractivity contribution in [1.29, 1.82) is 0 Å². The van der Waals surface area contributed by atoms with Crippen LogP contribution in [-0.2, 0) is 6.54 Å². The van der Waals surface area contributed by atoms with Crippen molar-refractivity contribution in [3.63, 3.8) is 0 Å². The van der Waals surface area contributed by atoms with Gasteiger partial charge in [-0.3, -0.25) is 4.79 Å². The van der Waals surface area contributed by atoms with E-state index in [-0.39, 0.29) is 17.9 Å². The Balaban J connectivity index is 1.93. The van der Waals surface area contributed by atoms with Crippen LogP contribution in [0.15, 0.2) is 59.5 Å². The highest BCUT2D eigenvalue weighted by Crippen LogP contribution is 2.15. The van der Waals surface area contributed by atoms with Crippen LogP contribution in [0.1, 0.15) is 11.7 Å². The molecule has 2 aromatic carbocycles. The van der Waals surface area contributed by atoms with Gasteiger partial charge in [0.05, 0.1) is 24.2 Å². The van der Waals surface area contributed by atoms with Crippen LogP contribution in [0, 0.1) is 5.82 Å². The smallest absolute Gasteiger partial charge is 0.274 e. The van der Waals surface area contributed by atoms with E-state index in [2.05, 4.69) is 5.10 Å². The van der Waals surface area contributed by atoms with Crippen molar-refractivity contribution in [3.8, 4) is 0 Å². The van der Waals surface area contributed by atoms with Crippen LogP contribution in [0.5, 0.6) is 0 Å². The van der Waals surface area contributed by atoms with Gasteiger partial charge in [0.2, 0.25) is 0 Å². The molecule has 5 heteroatoms. The van der Waals surface area contributed by atoms with Gasteiger partial charge in [0.1, 0.15) is 5.82 Å². The number of aromatic nitrogens is 2. The first-order valence-electron chi connectivity index (χ1n) is 6.53. The molecule has 0 unspecified atom stereocenters. The summed E-state index contributed by atoms with van der Waals surface area (Å²) in [6.45, 7) is 0.0231. The quantitative estimate of drug-likeness (QED) is 0.802. The molecule has 0 amide bonds. The molecule has 1 aromatic heterocycles. The average molecular weight is 284 g/mol. The molecule has 106 valence electrons. The number of halogens is 1. The molecule has 1 atom stereocenters. The van der Waals surface area contributed by atoms with E-state index in [1.807, 2.05) is 12.1 Å². The first-order chi connectivity index (χ1) is 10.1. The molecule has 0 fully saturated rings. The fourth-order valence-electron chi connectivity index (χ4n) is 2.21. The minimum atomic E-state index is -0.919. The van der Waals surface area contributed by atoms with Crippen molar-refractivity contribution in [2.24, 2.45) is 0 Å². The fourth-order valence-corrected chi connectivity index (χ4v) is 2.21. The highest BCUT2D eigenvalue weighted by molar-refractivity contribution is 5.80. The Hall–Kier alpha value is -2.53. The molecule has 0 spiro atoms. The summed E-state index contributed by atoms with van der Waals surface area (Å²) < 4.78 is 14.1. The fraction of sp³-hybridized carbons (Fsp3) is 0.125. The summed E-state index contributed by atoms with van der Waals surface area (Å²) >= 11 is 0. The van der Waals surface area contributed by atoms with Gasteiger partial charge in [0.25, 0.3) is 5.56 Å². The van der Waals surface area contributed by atoms with Crippen molar-refractivity contribution < 1.29 is 9.50 Å². The van der Waals surface area contributed by atoms with Crippen LogP contribution in [0.25, 0.3) is 10.8 Å². The average Bonchev–Trinajstić information content (AvgIpc) is 2.51. The molecule has 0 saturated heterocycles. The van der Waals surface area contributed by atoms with Gasteiger partial charge < -0.3 is 5.11 Å². The Morgan fingerprint density at radius 2 is 1.86 bits per heavy atom. The summed E-state index contributed by atoms with van der Waals surface area (Å²) in [5.74, 6) is -0.369. The number of hydrogen-bond donors (Lipinski definition) is 1. The number of aliphatic hydroxyl groups is 1. The third-order valence-electron chi connectivity index (χ3n) is 3.36. The standard InChI is InChI=1S/C16H13FN2O2/c17-13-7-5-11(6-8-13)15(20)10-19-16(21)14-4-2-1-3-12(14)9-18-19/h1-9,15,20H,10H2/t15-/m0/s1. The lowest BCUT2D eigenvalue weighted by Gasteiger charge is -2.12. The summed E-state index contributed by atoms with van der Waals surface area (Å²) in [5, 5.41) is 15.5. The van der Waals surface area contributed by atoms with E-state index in [0.29, 0.717) is 10.9 Å². The zero-order valence-corrected chi connectivity index (χ0v) is 11.1. The van der Waals surface area contributed by atoms with E-state index >= 15 is 0 Å². The molecular formula is C16H13FN2O2. The van der Waals surface area contributed by atoms with Crippen molar-refractivity contribution in [1.82, 2.24) is 9.78 Å². The molecule has 0 aliphatic carbocycles. The van der Waals surface area contributed by atoms with Gasteiger partial charge in [-0.25, -0.2) is 9.07 Å². The van der Waals surface area contributed by atoms with Crippen LogP contribution >= 0.6 is 0 Å². The van der Waals surface area contributed by atoms with Crippen LogP contribution in [-0.4, -0.2) is 14.9 Å². The first kappa shape index (κ1) is 13.5. The second-order valence-corrected chi connectivity index (χ2v) is 4.79. The maximum Gasteiger partial charge on any atom is 0.274 e. The van der Waals surface area contributed by atoms with Gasteiger partial charge in [0.15, 0.2) is 0 Å². The van der Waals surface area contributed by atoms with Crippen LogP contribution in [0.4, 0.5) is 4.39 Å². The Kier molecular flexibility index (Phi) is 3.50.